The van der Waals surface area contributed by atoms with Gasteiger partial charge in [0.05, 0.1) is 12.2 Å². The number of ether oxygens (including phenoxy) is 2. The Morgan fingerprint density at radius 1 is 1.19 bits per heavy atom. The molecule has 1 aromatic rings. The van der Waals surface area contributed by atoms with Crippen LogP contribution in [0.15, 0.2) is 24.3 Å². The predicted molar refractivity (Wildman–Crippen MR) is 82.3 cm³/mol. The summed E-state index contributed by atoms with van der Waals surface area (Å²) in [6.07, 6.45) is 5.61. The van der Waals surface area contributed by atoms with E-state index < -0.39 is 0 Å². The van der Waals surface area contributed by atoms with E-state index in [1.165, 1.54) is 24.0 Å². The molecule has 1 aromatic carbocycles. The first kappa shape index (κ1) is 13.7. The number of aryl methyl sites for hydroxylation is 1. The highest BCUT2D eigenvalue weighted by Crippen LogP contribution is 2.42. The average molecular weight is 287 g/mol. The quantitative estimate of drug-likeness (QED) is 0.909. The molecule has 3 heteroatoms. The number of fused-ring (bicyclic) bond motifs is 1. The van der Waals surface area contributed by atoms with Crippen LogP contribution < -0.4 is 5.73 Å². The molecule has 4 atom stereocenters. The molecule has 21 heavy (non-hydrogen) atoms. The third-order valence-electron chi connectivity index (χ3n) is 5.79. The largest absolute Gasteiger partial charge is 0.378 e. The Morgan fingerprint density at radius 2 is 2.10 bits per heavy atom. The molecule has 1 aliphatic carbocycles. The first-order valence-corrected chi connectivity index (χ1v) is 8.33. The van der Waals surface area contributed by atoms with E-state index in [1.54, 1.807) is 0 Å². The van der Waals surface area contributed by atoms with Crippen LogP contribution in [0.1, 0.15) is 42.7 Å². The van der Waals surface area contributed by atoms with Crippen LogP contribution in [0.3, 0.4) is 0 Å². The van der Waals surface area contributed by atoms with E-state index in [4.69, 9.17) is 15.2 Å². The van der Waals surface area contributed by atoms with E-state index in [-0.39, 0.29) is 11.6 Å². The van der Waals surface area contributed by atoms with Crippen molar-refractivity contribution in [2.45, 2.75) is 49.7 Å². The smallest absolute Gasteiger partial charge is 0.0939 e. The number of hydrogen-bond acceptors (Lipinski definition) is 3. The molecule has 4 rings (SSSR count). The summed E-state index contributed by atoms with van der Waals surface area (Å²) in [5, 5.41) is 0. The second-order valence-electron chi connectivity index (χ2n) is 7.01. The maximum absolute atomic E-state index is 6.72. The fraction of sp³-hybridized carbons (Fsp3) is 0.667. The summed E-state index contributed by atoms with van der Waals surface area (Å²) in [6.45, 7) is 2.45. The highest BCUT2D eigenvalue weighted by molar-refractivity contribution is 5.36. The van der Waals surface area contributed by atoms with Crippen molar-refractivity contribution < 1.29 is 9.47 Å². The summed E-state index contributed by atoms with van der Waals surface area (Å²) in [4.78, 5) is 0. The van der Waals surface area contributed by atoms with Crippen LogP contribution >= 0.6 is 0 Å². The lowest BCUT2D eigenvalue weighted by Crippen LogP contribution is -2.47. The van der Waals surface area contributed by atoms with E-state index in [0.717, 1.165) is 39.1 Å². The second kappa shape index (κ2) is 5.38. The summed E-state index contributed by atoms with van der Waals surface area (Å²) in [5.41, 5.74) is 9.69. The van der Waals surface area contributed by atoms with Crippen LogP contribution in [0.5, 0.6) is 0 Å². The minimum Gasteiger partial charge on any atom is -0.378 e. The molecular weight excluding hydrogens is 262 g/mol. The standard InChI is InChI=1S/C18H25NO2/c19-17(16-6-5-13-3-1-2-4-15(13)16)14-7-9-21-18(11-14)8-10-20-12-18/h1-4,14,16-17H,5-12,19H2. The molecule has 2 saturated heterocycles. The zero-order valence-electron chi connectivity index (χ0n) is 12.6. The molecule has 3 nitrogen and oxygen atoms in total. The first-order valence-electron chi connectivity index (χ1n) is 8.33. The van der Waals surface area contributed by atoms with Crippen LogP contribution in [-0.4, -0.2) is 31.5 Å². The van der Waals surface area contributed by atoms with Gasteiger partial charge in [0.15, 0.2) is 0 Å². The van der Waals surface area contributed by atoms with Crippen molar-refractivity contribution in [3.8, 4) is 0 Å². The summed E-state index contributed by atoms with van der Waals surface area (Å²) >= 11 is 0. The fourth-order valence-corrected chi connectivity index (χ4v) is 4.58. The van der Waals surface area contributed by atoms with Gasteiger partial charge in [-0.1, -0.05) is 24.3 Å². The molecule has 0 aromatic heterocycles. The van der Waals surface area contributed by atoms with E-state index in [1.807, 2.05) is 0 Å². The average Bonchev–Trinajstić information content (AvgIpc) is 3.14. The zero-order valence-corrected chi connectivity index (χ0v) is 12.6. The highest BCUT2D eigenvalue weighted by atomic mass is 16.6. The van der Waals surface area contributed by atoms with Crippen LogP contribution in [0.4, 0.5) is 0 Å². The summed E-state index contributed by atoms with van der Waals surface area (Å²) < 4.78 is 11.6. The van der Waals surface area contributed by atoms with E-state index >= 15 is 0 Å². The van der Waals surface area contributed by atoms with Gasteiger partial charge in [0.25, 0.3) is 0 Å². The van der Waals surface area contributed by atoms with Gasteiger partial charge in [-0.25, -0.2) is 0 Å². The van der Waals surface area contributed by atoms with Crippen molar-refractivity contribution >= 4 is 0 Å². The molecule has 114 valence electrons. The Morgan fingerprint density at radius 3 is 2.95 bits per heavy atom. The van der Waals surface area contributed by atoms with Gasteiger partial charge in [-0.2, -0.15) is 0 Å². The Kier molecular flexibility index (Phi) is 3.52. The maximum Gasteiger partial charge on any atom is 0.0939 e. The van der Waals surface area contributed by atoms with Gasteiger partial charge >= 0.3 is 0 Å². The Labute approximate surface area is 126 Å². The van der Waals surface area contributed by atoms with Gasteiger partial charge in [-0.15, -0.1) is 0 Å². The lowest BCUT2D eigenvalue weighted by molar-refractivity contribution is -0.102. The minimum absolute atomic E-state index is 0.0291. The number of rotatable bonds is 2. The summed E-state index contributed by atoms with van der Waals surface area (Å²) in [7, 11) is 0. The summed E-state index contributed by atoms with van der Waals surface area (Å²) in [5.74, 6) is 1.10. The number of hydrogen-bond donors (Lipinski definition) is 1. The lowest BCUT2D eigenvalue weighted by Gasteiger charge is -2.41. The molecule has 0 amide bonds. The van der Waals surface area contributed by atoms with Crippen molar-refractivity contribution in [2.24, 2.45) is 11.7 Å². The van der Waals surface area contributed by atoms with Crippen molar-refractivity contribution in [1.29, 1.82) is 0 Å². The van der Waals surface area contributed by atoms with Gasteiger partial charge < -0.3 is 15.2 Å². The monoisotopic (exact) mass is 287 g/mol. The Balaban J connectivity index is 1.51. The molecule has 2 N–H and O–H groups in total. The van der Waals surface area contributed by atoms with Gasteiger partial charge in [0, 0.05) is 25.7 Å². The van der Waals surface area contributed by atoms with Gasteiger partial charge in [-0.05, 0) is 48.6 Å². The number of nitrogens with two attached hydrogens (primary N) is 1. The first-order chi connectivity index (χ1) is 10.3. The van der Waals surface area contributed by atoms with Crippen LogP contribution in [0.25, 0.3) is 0 Å². The van der Waals surface area contributed by atoms with Crippen molar-refractivity contribution in [3.05, 3.63) is 35.4 Å². The van der Waals surface area contributed by atoms with Crippen molar-refractivity contribution in [2.75, 3.05) is 19.8 Å². The molecule has 4 unspecified atom stereocenters. The van der Waals surface area contributed by atoms with Gasteiger partial charge in [0.2, 0.25) is 0 Å². The molecular formula is C18H25NO2. The molecule has 1 spiro atoms. The molecule has 2 fully saturated rings. The molecule has 0 saturated carbocycles. The highest BCUT2D eigenvalue weighted by Gasteiger charge is 2.44. The predicted octanol–water partition coefficient (Wildman–Crippen LogP) is 2.63. The maximum atomic E-state index is 6.72. The van der Waals surface area contributed by atoms with Crippen LogP contribution in [-0.2, 0) is 15.9 Å². The molecule has 2 heterocycles. The van der Waals surface area contributed by atoms with E-state index in [2.05, 4.69) is 24.3 Å². The topological polar surface area (TPSA) is 44.5 Å². The lowest BCUT2D eigenvalue weighted by atomic mass is 9.76. The number of benzene rings is 1. The molecule has 0 bridgehead atoms. The van der Waals surface area contributed by atoms with E-state index in [9.17, 15) is 0 Å². The zero-order chi connectivity index (χ0) is 14.3. The third kappa shape index (κ3) is 2.41. The van der Waals surface area contributed by atoms with E-state index in [0.29, 0.717) is 11.8 Å². The third-order valence-corrected chi connectivity index (χ3v) is 5.79. The second-order valence-corrected chi connectivity index (χ2v) is 7.01. The van der Waals surface area contributed by atoms with Crippen molar-refractivity contribution in [3.63, 3.8) is 0 Å². The molecule has 2 aliphatic heterocycles. The summed E-state index contributed by atoms with van der Waals surface area (Å²) in [6, 6.07) is 9.10. The van der Waals surface area contributed by atoms with Gasteiger partial charge in [-0.3, -0.25) is 0 Å². The molecule has 3 aliphatic rings. The SMILES string of the molecule is NC(C1CCOC2(CCOC2)C1)C1CCc2ccccc21. The normalized spacial score (nSPS) is 36.8. The van der Waals surface area contributed by atoms with Crippen LogP contribution in [0.2, 0.25) is 0 Å². The van der Waals surface area contributed by atoms with Gasteiger partial charge in [0.1, 0.15) is 0 Å². The Bertz CT molecular complexity index is 510. The van der Waals surface area contributed by atoms with Crippen LogP contribution in [0, 0.1) is 5.92 Å². The Hall–Kier alpha value is -0.900. The fourth-order valence-electron chi connectivity index (χ4n) is 4.58. The van der Waals surface area contributed by atoms with Crippen molar-refractivity contribution in [1.82, 2.24) is 0 Å². The minimum atomic E-state index is -0.0291. The molecule has 0 radical (unpaired) electrons.